The van der Waals surface area contributed by atoms with E-state index >= 15 is 0 Å². The van der Waals surface area contributed by atoms with Gasteiger partial charge in [0.15, 0.2) is 0 Å². The number of para-hydroxylation sites is 1. The van der Waals surface area contributed by atoms with Gasteiger partial charge in [0.05, 0.1) is 11.5 Å². The minimum atomic E-state index is -0.336. The van der Waals surface area contributed by atoms with Crippen LogP contribution in [0, 0.1) is 5.92 Å². The van der Waals surface area contributed by atoms with Gasteiger partial charge in [-0.2, -0.15) is 0 Å². The van der Waals surface area contributed by atoms with Gasteiger partial charge in [-0.25, -0.2) is 0 Å². The summed E-state index contributed by atoms with van der Waals surface area (Å²) in [6.07, 6.45) is 1.54. The second kappa shape index (κ2) is 9.20. The molecule has 1 atom stereocenters. The van der Waals surface area contributed by atoms with Crippen molar-refractivity contribution < 1.29 is 19.5 Å². The highest BCUT2D eigenvalue weighted by atomic mass is 16.3. The SMILES string of the molecule is O=C(NC1CCN(C(=O)c2ccccc2O)CC1)[C@@H]1CC(=O)N(Cc2ccccc2)C1. The third-order valence-electron chi connectivity index (χ3n) is 6.06. The maximum absolute atomic E-state index is 12.7. The van der Waals surface area contributed by atoms with Crippen molar-refractivity contribution in [1.29, 1.82) is 0 Å². The summed E-state index contributed by atoms with van der Waals surface area (Å²) in [5.41, 5.74) is 1.35. The Morgan fingerprint density at radius 2 is 1.68 bits per heavy atom. The summed E-state index contributed by atoms with van der Waals surface area (Å²) in [7, 11) is 0. The van der Waals surface area contributed by atoms with Crippen molar-refractivity contribution in [1.82, 2.24) is 15.1 Å². The van der Waals surface area contributed by atoms with E-state index in [0.717, 1.165) is 5.56 Å². The fourth-order valence-electron chi connectivity index (χ4n) is 4.28. The van der Waals surface area contributed by atoms with Crippen molar-refractivity contribution in [2.45, 2.75) is 31.8 Å². The van der Waals surface area contributed by atoms with Gasteiger partial charge < -0.3 is 20.2 Å². The Kier molecular flexibility index (Phi) is 6.21. The number of hydrogen-bond donors (Lipinski definition) is 2. The first-order valence-electron chi connectivity index (χ1n) is 10.7. The van der Waals surface area contributed by atoms with Crippen molar-refractivity contribution >= 4 is 17.7 Å². The van der Waals surface area contributed by atoms with E-state index in [1.54, 1.807) is 28.0 Å². The molecular formula is C24H27N3O4. The molecule has 0 aliphatic carbocycles. The zero-order chi connectivity index (χ0) is 21.8. The highest BCUT2D eigenvalue weighted by molar-refractivity contribution is 5.96. The predicted molar refractivity (Wildman–Crippen MR) is 115 cm³/mol. The van der Waals surface area contributed by atoms with Crippen LogP contribution in [-0.2, 0) is 16.1 Å². The first-order valence-corrected chi connectivity index (χ1v) is 10.7. The topological polar surface area (TPSA) is 90.0 Å². The molecule has 0 unspecified atom stereocenters. The normalized spacial score (nSPS) is 19.5. The predicted octanol–water partition coefficient (Wildman–Crippen LogP) is 2.16. The fourth-order valence-corrected chi connectivity index (χ4v) is 4.28. The third-order valence-corrected chi connectivity index (χ3v) is 6.06. The minimum absolute atomic E-state index is 0.00656. The summed E-state index contributed by atoms with van der Waals surface area (Å²) in [4.78, 5) is 41.1. The number of aromatic hydroxyl groups is 1. The summed E-state index contributed by atoms with van der Waals surface area (Å²) >= 11 is 0. The molecular weight excluding hydrogens is 394 g/mol. The summed E-state index contributed by atoms with van der Waals surface area (Å²) < 4.78 is 0. The van der Waals surface area contributed by atoms with Crippen LogP contribution in [0.2, 0.25) is 0 Å². The largest absolute Gasteiger partial charge is 0.507 e. The van der Waals surface area contributed by atoms with Gasteiger partial charge >= 0.3 is 0 Å². The van der Waals surface area contributed by atoms with E-state index in [-0.39, 0.29) is 41.9 Å². The molecule has 0 bridgehead atoms. The molecule has 7 nitrogen and oxygen atoms in total. The standard InChI is InChI=1S/C24H27N3O4/c28-21-9-5-4-8-20(21)24(31)26-12-10-19(11-13-26)25-23(30)18-14-22(29)27(16-18)15-17-6-2-1-3-7-17/h1-9,18-19,28H,10-16H2,(H,25,30)/t18-/m1/s1. The quantitative estimate of drug-likeness (QED) is 0.774. The van der Waals surface area contributed by atoms with Crippen LogP contribution in [0.4, 0.5) is 0 Å². The van der Waals surface area contributed by atoms with E-state index in [1.807, 2.05) is 30.3 Å². The highest BCUT2D eigenvalue weighted by Crippen LogP contribution is 2.23. The van der Waals surface area contributed by atoms with Crippen molar-refractivity contribution in [3.8, 4) is 5.75 Å². The van der Waals surface area contributed by atoms with Crippen molar-refractivity contribution in [3.05, 3.63) is 65.7 Å². The molecule has 7 heteroatoms. The number of nitrogens with zero attached hydrogens (tertiary/aromatic N) is 2. The number of hydrogen-bond acceptors (Lipinski definition) is 4. The van der Waals surface area contributed by atoms with Crippen LogP contribution in [0.3, 0.4) is 0 Å². The smallest absolute Gasteiger partial charge is 0.257 e. The first kappa shape index (κ1) is 20.9. The Morgan fingerprint density at radius 3 is 2.39 bits per heavy atom. The van der Waals surface area contributed by atoms with Crippen LogP contribution in [0.25, 0.3) is 0 Å². The lowest BCUT2D eigenvalue weighted by Crippen LogP contribution is -2.48. The summed E-state index contributed by atoms with van der Waals surface area (Å²) in [5, 5.41) is 13.0. The summed E-state index contributed by atoms with van der Waals surface area (Å²) in [6, 6.07) is 16.3. The number of phenolic OH excluding ortho intramolecular Hbond substituents is 1. The monoisotopic (exact) mass is 421 g/mol. The van der Waals surface area contributed by atoms with Gasteiger partial charge in [0.1, 0.15) is 5.75 Å². The Balaban J connectivity index is 1.26. The molecule has 2 aromatic rings. The lowest BCUT2D eigenvalue weighted by Gasteiger charge is -2.33. The molecule has 2 aliphatic heterocycles. The zero-order valence-electron chi connectivity index (χ0n) is 17.4. The zero-order valence-corrected chi connectivity index (χ0v) is 17.4. The van der Waals surface area contributed by atoms with Crippen LogP contribution in [-0.4, -0.2) is 58.3 Å². The average molecular weight is 421 g/mol. The molecule has 0 spiro atoms. The maximum Gasteiger partial charge on any atom is 0.257 e. The lowest BCUT2D eigenvalue weighted by molar-refractivity contribution is -0.129. The van der Waals surface area contributed by atoms with E-state index in [1.165, 1.54) is 6.07 Å². The van der Waals surface area contributed by atoms with Gasteiger partial charge in [-0.05, 0) is 30.5 Å². The maximum atomic E-state index is 12.7. The van der Waals surface area contributed by atoms with Gasteiger partial charge in [-0.3, -0.25) is 14.4 Å². The Bertz CT molecular complexity index is 954. The van der Waals surface area contributed by atoms with Crippen molar-refractivity contribution in [2.75, 3.05) is 19.6 Å². The van der Waals surface area contributed by atoms with Crippen LogP contribution in [0.1, 0.15) is 35.2 Å². The molecule has 2 aromatic carbocycles. The molecule has 0 aromatic heterocycles. The first-order chi connectivity index (χ1) is 15.0. The molecule has 4 rings (SSSR count). The second-order valence-electron chi connectivity index (χ2n) is 8.25. The van der Waals surface area contributed by atoms with Crippen LogP contribution >= 0.6 is 0 Å². The van der Waals surface area contributed by atoms with Gasteiger partial charge in [0.25, 0.3) is 5.91 Å². The van der Waals surface area contributed by atoms with Crippen LogP contribution in [0.5, 0.6) is 5.75 Å². The molecule has 0 saturated carbocycles. The van der Waals surface area contributed by atoms with Crippen molar-refractivity contribution in [2.24, 2.45) is 5.92 Å². The van der Waals surface area contributed by atoms with Gasteiger partial charge in [0, 0.05) is 38.6 Å². The molecule has 31 heavy (non-hydrogen) atoms. The Labute approximate surface area is 181 Å². The minimum Gasteiger partial charge on any atom is -0.507 e. The third kappa shape index (κ3) is 4.87. The molecule has 0 radical (unpaired) electrons. The van der Waals surface area contributed by atoms with E-state index in [4.69, 9.17) is 0 Å². The second-order valence-corrected chi connectivity index (χ2v) is 8.25. The molecule has 2 N–H and O–H groups in total. The Hall–Kier alpha value is -3.35. The molecule has 2 aliphatic rings. The van der Waals surface area contributed by atoms with Crippen LogP contribution in [0.15, 0.2) is 54.6 Å². The van der Waals surface area contributed by atoms with Crippen LogP contribution < -0.4 is 5.32 Å². The van der Waals surface area contributed by atoms with E-state index in [2.05, 4.69) is 5.32 Å². The molecule has 2 heterocycles. The number of rotatable bonds is 5. The van der Waals surface area contributed by atoms with E-state index < -0.39 is 0 Å². The molecule has 2 saturated heterocycles. The number of nitrogens with one attached hydrogen (secondary N) is 1. The number of carbonyl (C=O) groups is 3. The number of phenols is 1. The average Bonchev–Trinajstić information content (AvgIpc) is 3.15. The lowest BCUT2D eigenvalue weighted by atomic mass is 10.0. The number of benzene rings is 2. The van der Waals surface area contributed by atoms with Gasteiger partial charge in [-0.15, -0.1) is 0 Å². The fraction of sp³-hybridized carbons (Fsp3) is 0.375. The molecule has 2 fully saturated rings. The highest BCUT2D eigenvalue weighted by Gasteiger charge is 2.35. The summed E-state index contributed by atoms with van der Waals surface area (Å²) in [6.45, 7) is 1.99. The Morgan fingerprint density at radius 1 is 1.00 bits per heavy atom. The summed E-state index contributed by atoms with van der Waals surface area (Å²) in [5.74, 6) is -0.631. The molecule has 162 valence electrons. The number of likely N-dealkylation sites (tertiary alicyclic amines) is 2. The van der Waals surface area contributed by atoms with Gasteiger partial charge in [0.2, 0.25) is 11.8 Å². The van der Waals surface area contributed by atoms with Crippen molar-refractivity contribution in [3.63, 3.8) is 0 Å². The molecule has 3 amide bonds. The number of piperidine rings is 1. The number of carbonyl (C=O) groups excluding carboxylic acids is 3. The van der Waals surface area contributed by atoms with Gasteiger partial charge in [-0.1, -0.05) is 42.5 Å². The van der Waals surface area contributed by atoms with E-state index in [0.29, 0.717) is 44.6 Å². The van der Waals surface area contributed by atoms with E-state index in [9.17, 15) is 19.5 Å². The number of amides is 3.